The molecule has 27 heavy (non-hydrogen) atoms. The molecule has 0 aliphatic carbocycles. The number of aromatic nitrogens is 2. The van der Waals surface area contributed by atoms with E-state index in [0.29, 0.717) is 44.4 Å². The van der Waals surface area contributed by atoms with Crippen LogP contribution in [0.1, 0.15) is 28.7 Å². The summed E-state index contributed by atoms with van der Waals surface area (Å²) in [6, 6.07) is 11.7. The van der Waals surface area contributed by atoms with Crippen molar-refractivity contribution in [3.63, 3.8) is 0 Å². The number of nitrogens with zero attached hydrogens (tertiary/aromatic N) is 4. The van der Waals surface area contributed by atoms with Gasteiger partial charge < -0.3 is 15.1 Å². The molecule has 0 unspecified atom stereocenters. The molecular formula is C20H25N5O2. The number of benzene rings is 1. The number of piperazine rings is 1. The Bertz CT molecular complexity index is 801. The average Bonchev–Trinajstić information content (AvgIpc) is 2.68. The fourth-order valence-electron chi connectivity index (χ4n) is 3.09. The van der Waals surface area contributed by atoms with Gasteiger partial charge in [0.15, 0.2) is 0 Å². The van der Waals surface area contributed by atoms with Gasteiger partial charge in [0, 0.05) is 45.3 Å². The molecule has 1 aliphatic heterocycles. The van der Waals surface area contributed by atoms with E-state index >= 15 is 0 Å². The van der Waals surface area contributed by atoms with Crippen molar-refractivity contribution >= 4 is 17.8 Å². The first-order chi connectivity index (χ1) is 13.0. The van der Waals surface area contributed by atoms with Crippen LogP contribution in [0.15, 0.2) is 36.4 Å². The van der Waals surface area contributed by atoms with E-state index in [9.17, 15) is 9.59 Å². The highest BCUT2D eigenvalue weighted by Gasteiger charge is 2.21. The van der Waals surface area contributed by atoms with Crippen LogP contribution in [0.25, 0.3) is 0 Å². The highest BCUT2D eigenvalue weighted by atomic mass is 16.2. The summed E-state index contributed by atoms with van der Waals surface area (Å²) in [6.07, 6.45) is 0.774. The number of aryl methyl sites for hydroxylation is 1. The lowest BCUT2D eigenvalue weighted by Crippen LogP contribution is -2.48. The van der Waals surface area contributed by atoms with E-state index in [-0.39, 0.29) is 11.8 Å². The zero-order valence-electron chi connectivity index (χ0n) is 15.8. The Balaban J connectivity index is 1.61. The van der Waals surface area contributed by atoms with E-state index in [1.807, 2.05) is 47.1 Å². The van der Waals surface area contributed by atoms with Gasteiger partial charge in [0.2, 0.25) is 11.9 Å². The Morgan fingerprint density at radius 3 is 2.44 bits per heavy atom. The van der Waals surface area contributed by atoms with E-state index in [1.54, 1.807) is 13.0 Å². The van der Waals surface area contributed by atoms with Gasteiger partial charge in [-0.15, -0.1) is 0 Å². The third-order valence-electron chi connectivity index (χ3n) is 4.62. The molecule has 0 atom stereocenters. The van der Waals surface area contributed by atoms with Crippen molar-refractivity contribution in [2.24, 2.45) is 0 Å². The number of carbonyl (C=O) groups is 2. The Morgan fingerprint density at radius 1 is 1.07 bits per heavy atom. The van der Waals surface area contributed by atoms with Crippen molar-refractivity contribution in [2.45, 2.75) is 20.3 Å². The summed E-state index contributed by atoms with van der Waals surface area (Å²) in [6.45, 7) is 6.61. The molecular weight excluding hydrogens is 342 g/mol. The molecule has 7 nitrogen and oxygen atoms in total. The second-order valence-electron chi connectivity index (χ2n) is 6.68. The Morgan fingerprint density at radius 2 is 1.78 bits per heavy atom. The summed E-state index contributed by atoms with van der Waals surface area (Å²) < 4.78 is 0. The predicted octanol–water partition coefficient (Wildman–Crippen LogP) is 1.43. The summed E-state index contributed by atoms with van der Waals surface area (Å²) in [4.78, 5) is 36.7. The zero-order chi connectivity index (χ0) is 19.2. The monoisotopic (exact) mass is 367 g/mol. The second-order valence-corrected chi connectivity index (χ2v) is 6.68. The zero-order valence-corrected chi connectivity index (χ0v) is 15.8. The molecule has 7 heteroatoms. The number of hydrogen-bond acceptors (Lipinski definition) is 5. The molecule has 2 amide bonds. The van der Waals surface area contributed by atoms with Crippen LogP contribution in [0.5, 0.6) is 0 Å². The molecule has 1 aliphatic rings. The van der Waals surface area contributed by atoms with Gasteiger partial charge in [-0.2, -0.15) is 0 Å². The van der Waals surface area contributed by atoms with Crippen LogP contribution in [-0.4, -0.2) is 59.4 Å². The van der Waals surface area contributed by atoms with Crippen LogP contribution in [0.3, 0.4) is 0 Å². The molecule has 0 spiro atoms. The number of carbonyl (C=O) groups excluding carboxylic acids is 2. The minimum absolute atomic E-state index is 0.0818. The van der Waals surface area contributed by atoms with Gasteiger partial charge in [-0.25, -0.2) is 9.97 Å². The molecule has 142 valence electrons. The van der Waals surface area contributed by atoms with E-state index in [0.717, 1.165) is 12.1 Å². The standard InChI is InChI=1S/C20H25N5O2/c1-15-14-18(19(27)21-9-8-17-6-4-3-5-7-17)23-20(22-15)25-12-10-24(11-13-25)16(2)26/h3-7,14H,8-13H2,1-2H3,(H,21,27). The Labute approximate surface area is 159 Å². The minimum atomic E-state index is -0.194. The van der Waals surface area contributed by atoms with Crippen LogP contribution in [-0.2, 0) is 11.2 Å². The highest BCUT2D eigenvalue weighted by Crippen LogP contribution is 2.13. The first-order valence-corrected chi connectivity index (χ1v) is 9.21. The summed E-state index contributed by atoms with van der Waals surface area (Å²) in [5.41, 5.74) is 2.31. The molecule has 1 aromatic carbocycles. The number of amides is 2. The SMILES string of the molecule is CC(=O)N1CCN(c2nc(C)cc(C(=O)NCCc3ccccc3)n2)CC1. The summed E-state index contributed by atoms with van der Waals surface area (Å²) in [7, 11) is 0. The lowest BCUT2D eigenvalue weighted by molar-refractivity contribution is -0.129. The van der Waals surface area contributed by atoms with Gasteiger partial charge in [0.25, 0.3) is 5.91 Å². The summed E-state index contributed by atoms with van der Waals surface area (Å²) >= 11 is 0. The average molecular weight is 367 g/mol. The minimum Gasteiger partial charge on any atom is -0.350 e. The van der Waals surface area contributed by atoms with Crippen LogP contribution in [0.2, 0.25) is 0 Å². The van der Waals surface area contributed by atoms with E-state index in [1.165, 1.54) is 5.56 Å². The van der Waals surface area contributed by atoms with Crippen LogP contribution in [0, 0.1) is 6.92 Å². The van der Waals surface area contributed by atoms with Gasteiger partial charge in [-0.05, 0) is 25.0 Å². The van der Waals surface area contributed by atoms with Crippen LogP contribution >= 0.6 is 0 Å². The quantitative estimate of drug-likeness (QED) is 0.865. The van der Waals surface area contributed by atoms with Gasteiger partial charge in [0.05, 0.1) is 0 Å². The van der Waals surface area contributed by atoms with Crippen molar-refractivity contribution in [1.29, 1.82) is 0 Å². The van der Waals surface area contributed by atoms with Crippen molar-refractivity contribution in [2.75, 3.05) is 37.6 Å². The number of rotatable bonds is 5. The predicted molar refractivity (Wildman–Crippen MR) is 104 cm³/mol. The number of nitrogens with one attached hydrogen (secondary N) is 1. The first kappa shape index (κ1) is 18.8. The molecule has 0 bridgehead atoms. The van der Waals surface area contributed by atoms with Crippen molar-refractivity contribution < 1.29 is 9.59 Å². The smallest absolute Gasteiger partial charge is 0.270 e. The van der Waals surface area contributed by atoms with Crippen molar-refractivity contribution in [3.05, 3.63) is 53.3 Å². The maximum absolute atomic E-state index is 12.5. The molecule has 1 fully saturated rings. The van der Waals surface area contributed by atoms with Crippen LogP contribution in [0.4, 0.5) is 5.95 Å². The van der Waals surface area contributed by atoms with Crippen molar-refractivity contribution in [3.8, 4) is 0 Å². The third kappa shape index (κ3) is 5.03. The van der Waals surface area contributed by atoms with E-state index < -0.39 is 0 Å². The lowest BCUT2D eigenvalue weighted by atomic mass is 10.1. The number of hydrogen-bond donors (Lipinski definition) is 1. The fourth-order valence-corrected chi connectivity index (χ4v) is 3.09. The highest BCUT2D eigenvalue weighted by molar-refractivity contribution is 5.92. The second kappa shape index (κ2) is 8.62. The molecule has 1 saturated heterocycles. The molecule has 0 saturated carbocycles. The molecule has 1 aromatic heterocycles. The largest absolute Gasteiger partial charge is 0.350 e. The molecule has 1 N–H and O–H groups in total. The first-order valence-electron chi connectivity index (χ1n) is 9.21. The molecule has 2 heterocycles. The molecule has 3 rings (SSSR count). The third-order valence-corrected chi connectivity index (χ3v) is 4.62. The topological polar surface area (TPSA) is 78.4 Å². The molecule has 0 radical (unpaired) electrons. The van der Waals surface area contributed by atoms with E-state index in [2.05, 4.69) is 15.3 Å². The molecule has 2 aromatic rings. The summed E-state index contributed by atoms with van der Waals surface area (Å²) in [5.74, 6) is 0.435. The van der Waals surface area contributed by atoms with Crippen molar-refractivity contribution in [1.82, 2.24) is 20.2 Å². The van der Waals surface area contributed by atoms with Gasteiger partial charge in [0.1, 0.15) is 5.69 Å². The van der Waals surface area contributed by atoms with Crippen LogP contribution < -0.4 is 10.2 Å². The summed E-state index contributed by atoms with van der Waals surface area (Å²) in [5, 5.41) is 2.93. The normalized spacial score (nSPS) is 14.1. The number of anilines is 1. The van der Waals surface area contributed by atoms with Gasteiger partial charge in [-0.3, -0.25) is 9.59 Å². The maximum atomic E-state index is 12.5. The van der Waals surface area contributed by atoms with E-state index in [4.69, 9.17) is 0 Å². The lowest BCUT2D eigenvalue weighted by Gasteiger charge is -2.34. The maximum Gasteiger partial charge on any atom is 0.270 e. The Kier molecular flexibility index (Phi) is 6.01. The fraction of sp³-hybridized carbons (Fsp3) is 0.400. The van der Waals surface area contributed by atoms with Gasteiger partial charge in [-0.1, -0.05) is 30.3 Å². The van der Waals surface area contributed by atoms with Gasteiger partial charge >= 0.3 is 0 Å². The Hall–Kier alpha value is -2.96.